The molecule has 0 radical (unpaired) electrons. The Morgan fingerprint density at radius 2 is 2.27 bits per heavy atom. The molecule has 0 fully saturated rings. The van der Waals surface area contributed by atoms with Crippen LogP contribution in [0.5, 0.6) is 0 Å². The van der Waals surface area contributed by atoms with Gasteiger partial charge in [-0.3, -0.25) is 14.5 Å². The highest BCUT2D eigenvalue weighted by molar-refractivity contribution is 7.15. The van der Waals surface area contributed by atoms with E-state index in [2.05, 4.69) is 15.6 Å². The Bertz CT molecular complexity index is 782. The number of nitrogens with one attached hydrogen (secondary N) is 2. The highest BCUT2D eigenvalue weighted by Gasteiger charge is 2.13. The highest BCUT2D eigenvalue weighted by Crippen LogP contribution is 2.24. The Morgan fingerprint density at radius 1 is 1.41 bits per heavy atom. The molecule has 0 aliphatic carbocycles. The van der Waals surface area contributed by atoms with Crippen LogP contribution in [0.15, 0.2) is 36.0 Å². The lowest BCUT2D eigenvalue weighted by Gasteiger charge is -2.06. The predicted octanol–water partition coefficient (Wildman–Crippen LogP) is 2.64. The second-order valence-electron chi connectivity index (χ2n) is 4.79. The summed E-state index contributed by atoms with van der Waals surface area (Å²) in [7, 11) is 1.67. The van der Waals surface area contributed by atoms with Crippen LogP contribution in [-0.4, -0.2) is 21.4 Å². The maximum Gasteiger partial charge on any atom is 0.292 e. The fourth-order valence-corrected chi connectivity index (χ4v) is 2.96. The van der Waals surface area contributed by atoms with Crippen LogP contribution in [0.1, 0.15) is 11.3 Å². The van der Waals surface area contributed by atoms with Crippen molar-refractivity contribution in [2.45, 2.75) is 13.1 Å². The Morgan fingerprint density at radius 3 is 3.00 bits per heavy atom. The fourth-order valence-electron chi connectivity index (χ4n) is 2.25. The Balaban J connectivity index is 1.64. The number of rotatable bonds is 6. The summed E-state index contributed by atoms with van der Waals surface area (Å²) in [5.41, 5.74) is 2.42. The van der Waals surface area contributed by atoms with Gasteiger partial charge in [0.25, 0.3) is 5.69 Å². The molecule has 8 heteroatoms. The van der Waals surface area contributed by atoms with E-state index in [1.165, 1.54) is 0 Å². The van der Waals surface area contributed by atoms with E-state index in [0.717, 1.165) is 16.2 Å². The van der Waals surface area contributed by atoms with Crippen LogP contribution in [-0.2, 0) is 13.1 Å². The summed E-state index contributed by atoms with van der Waals surface area (Å²) in [5.74, 6) is 0. The van der Waals surface area contributed by atoms with E-state index in [1.54, 1.807) is 30.5 Å². The zero-order valence-corrected chi connectivity index (χ0v) is 12.8. The molecule has 2 N–H and O–H groups in total. The first-order valence-electron chi connectivity index (χ1n) is 6.74. The SMILES string of the molecule is CNc1ccc(CNCc2cn3ccsc3n2)cc1[N+](=O)[O-]. The molecule has 0 unspecified atom stereocenters. The minimum Gasteiger partial charge on any atom is -0.383 e. The molecule has 2 heterocycles. The number of imidazole rings is 1. The molecular formula is C14H15N5O2S. The maximum absolute atomic E-state index is 11.0. The van der Waals surface area contributed by atoms with Gasteiger partial charge in [0.15, 0.2) is 4.96 Å². The van der Waals surface area contributed by atoms with E-state index in [9.17, 15) is 10.1 Å². The first-order chi connectivity index (χ1) is 10.7. The average molecular weight is 317 g/mol. The van der Waals surface area contributed by atoms with Crippen molar-refractivity contribution in [1.29, 1.82) is 0 Å². The van der Waals surface area contributed by atoms with E-state index in [1.807, 2.05) is 28.2 Å². The van der Waals surface area contributed by atoms with Crippen molar-refractivity contribution in [3.63, 3.8) is 0 Å². The van der Waals surface area contributed by atoms with Crippen molar-refractivity contribution in [1.82, 2.24) is 14.7 Å². The first kappa shape index (κ1) is 14.5. The van der Waals surface area contributed by atoms with Gasteiger partial charge < -0.3 is 10.6 Å². The predicted molar refractivity (Wildman–Crippen MR) is 86.3 cm³/mol. The number of hydrogen-bond acceptors (Lipinski definition) is 6. The largest absolute Gasteiger partial charge is 0.383 e. The van der Waals surface area contributed by atoms with Crippen molar-refractivity contribution in [2.24, 2.45) is 0 Å². The van der Waals surface area contributed by atoms with Gasteiger partial charge >= 0.3 is 0 Å². The monoisotopic (exact) mass is 317 g/mol. The molecule has 0 aliphatic rings. The van der Waals surface area contributed by atoms with Gasteiger partial charge in [0.2, 0.25) is 0 Å². The van der Waals surface area contributed by atoms with Crippen LogP contribution < -0.4 is 10.6 Å². The molecule has 0 saturated heterocycles. The molecular weight excluding hydrogens is 302 g/mol. The number of aromatic nitrogens is 2. The molecule has 0 aliphatic heterocycles. The number of anilines is 1. The number of thiazole rings is 1. The minimum atomic E-state index is -0.376. The first-order valence-corrected chi connectivity index (χ1v) is 7.62. The minimum absolute atomic E-state index is 0.0873. The summed E-state index contributed by atoms with van der Waals surface area (Å²) < 4.78 is 1.98. The molecule has 0 saturated carbocycles. The van der Waals surface area contributed by atoms with Crippen molar-refractivity contribution in [3.05, 3.63) is 57.3 Å². The van der Waals surface area contributed by atoms with Gasteiger partial charge in [-0.25, -0.2) is 4.98 Å². The van der Waals surface area contributed by atoms with Gasteiger partial charge in [-0.05, 0) is 11.6 Å². The molecule has 3 aromatic rings. The third-order valence-corrected chi connectivity index (χ3v) is 4.08. The number of nitro benzene ring substituents is 1. The van der Waals surface area contributed by atoms with Crippen LogP contribution >= 0.6 is 11.3 Å². The number of nitrogens with zero attached hydrogens (tertiary/aromatic N) is 3. The second kappa shape index (κ2) is 6.12. The van der Waals surface area contributed by atoms with Gasteiger partial charge in [-0.2, -0.15) is 0 Å². The molecule has 1 aromatic carbocycles. The second-order valence-corrected chi connectivity index (χ2v) is 5.66. The zero-order chi connectivity index (χ0) is 15.5. The van der Waals surface area contributed by atoms with Crippen LogP contribution in [0.4, 0.5) is 11.4 Å². The standard InChI is InChI=1S/C14H15N5O2S/c1-15-12-3-2-10(6-13(12)19(20)21)7-16-8-11-9-18-4-5-22-14(18)17-11/h2-6,9,15-16H,7-8H2,1H3. The Kier molecular flexibility index (Phi) is 4.03. The summed E-state index contributed by atoms with van der Waals surface area (Å²) in [5, 5.41) is 19.1. The van der Waals surface area contributed by atoms with Crippen LogP contribution in [0.25, 0.3) is 4.96 Å². The van der Waals surface area contributed by atoms with Gasteiger partial charge in [-0.15, -0.1) is 11.3 Å². The number of benzene rings is 1. The van der Waals surface area contributed by atoms with Crippen molar-refractivity contribution in [3.8, 4) is 0 Å². The van der Waals surface area contributed by atoms with Crippen LogP contribution in [0.3, 0.4) is 0 Å². The van der Waals surface area contributed by atoms with Crippen molar-refractivity contribution < 1.29 is 4.92 Å². The summed E-state index contributed by atoms with van der Waals surface area (Å²) in [6.07, 6.45) is 3.95. The van der Waals surface area contributed by atoms with Gasteiger partial charge in [0.05, 0.1) is 10.6 Å². The van der Waals surface area contributed by atoms with E-state index in [-0.39, 0.29) is 10.6 Å². The van der Waals surface area contributed by atoms with Crippen LogP contribution in [0, 0.1) is 10.1 Å². The average Bonchev–Trinajstić information content (AvgIpc) is 3.08. The molecule has 0 spiro atoms. The normalized spacial score (nSPS) is 11.0. The topological polar surface area (TPSA) is 84.5 Å². The van der Waals surface area contributed by atoms with E-state index < -0.39 is 0 Å². The van der Waals surface area contributed by atoms with E-state index in [4.69, 9.17) is 0 Å². The highest BCUT2D eigenvalue weighted by atomic mass is 32.1. The smallest absolute Gasteiger partial charge is 0.292 e. The third kappa shape index (κ3) is 2.92. The number of nitro groups is 1. The fraction of sp³-hybridized carbons (Fsp3) is 0.214. The van der Waals surface area contributed by atoms with Gasteiger partial charge in [-0.1, -0.05) is 6.07 Å². The van der Waals surface area contributed by atoms with Crippen LogP contribution in [0.2, 0.25) is 0 Å². The molecule has 2 aromatic heterocycles. The van der Waals surface area contributed by atoms with Gasteiger partial charge in [0, 0.05) is 44.0 Å². The molecule has 0 atom stereocenters. The zero-order valence-electron chi connectivity index (χ0n) is 11.9. The van der Waals surface area contributed by atoms with E-state index in [0.29, 0.717) is 18.8 Å². The summed E-state index contributed by atoms with van der Waals surface area (Å²) >= 11 is 1.59. The molecule has 3 rings (SSSR count). The summed E-state index contributed by atoms with van der Waals surface area (Å²) in [4.78, 5) is 16.1. The molecule has 7 nitrogen and oxygen atoms in total. The number of hydrogen-bond donors (Lipinski definition) is 2. The molecule has 0 amide bonds. The maximum atomic E-state index is 11.0. The summed E-state index contributed by atoms with van der Waals surface area (Å²) in [6, 6.07) is 5.18. The van der Waals surface area contributed by atoms with Gasteiger partial charge in [0.1, 0.15) is 5.69 Å². The molecule has 114 valence electrons. The Labute approximate surface area is 130 Å². The quantitative estimate of drug-likeness (QED) is 0.539. The number of fused-ring (bicyclic) bond motifs is 1. The third-order valence-electron chi connectivity index (χ3n) is 3.31. The summed E-state index contributed by atoms with van der Waals surface area (Å²) in [6.45, 7) is 1.17. The lowest BCUT2D eigenvalue weighted by molar-refractivity contribution is -0.384. The van der Waals surface area contributed by atoms with E-state index >= 15 is 0 Å². The lowest BCUT2D eigenvalue weighted by atomic mass is 10.1. The van der Waals surface area contributed by atoms with Crippen molar-refractivity contribution in [2.75, 3.05) is 12.4 Å². The Hall–Kier alpha value is -2.45. The molecule has 0 bridgehead atoms. The van der Waals surface area contributed by atoms with Crippen molar-refractivity contribution >= 4 is 27.7 Å². The molecule has 22 heavy (non-hydrogen) atoms. The lowest BCUT2D eigenvalue weighted by Crippen LogP contribution is -2.13.